The van der Waals surface area contributed by atoms with Crippen LogP contribution in [0.25, 0.3) is 16.7 Å². The van der Waals surface area contributed by atoms with Crippen molar-refractivity contribution in [3.63, 3.8) is 0 Å². The second-order valence-electron chi connectivity index (χ2n) is 4.37. The van der Waals surface area contributed by atoms with Gasteiger partial charge < -0.3 is 5.73 Å². The van der Waals surface area contributed by atoms with Crippen molar-refractivity contribution in [3.05, 3.63) is 53.6 Å². The lowest BCUT2D eigenvalue weighted by Crippen LogP contribution is -2.02. The first-order valence-electron chi connectivity index (χ1n) is 5.77. The fourth-order valence-electron chi connectivity index (χ4n) is 2.15. The van der Waals surface area contributed by atoms with Gasteiger partial charge in [-0.15, -0.1) is 0 Å². The van der Waals surface area contributed by atoms with Crippen LogP contribution in [0.15, 0.2) is 36.4 Å². The monoisotopic (exact) mass is 259 g/mol. The second kappa shape index (κ2) is 4.05. The molecule has 3 rings (SSSR count). The van der Waals surface area contributed by atoms with Crippen LogP contribution < -0.4 is 5.73 Å². The number of halogens is 2. The van der Waals surface area contributed by atoms with Crippen molar-refractivity contribution >= 4 is 17.0 Å². The zero-order valence-electron chi connectivity index (χ0n) is 10.2. The van der Waals surface area contributed by atoms with Gasteiger partial charge in [-0.1, -0.05) is 12.1 Å². The third-order valence-electron chi connectivity index (χ3n) is 3.00. The number of benzene rings is 2. The Morgan fingerprint density at radius 2 is 1.95 bits per heavy atom. The molecule has 0 saturated carbocycles. The van der Waals surface area contributed by atoms with E-state index in [-0.39, 0.29) is 11.5 Å². The molecule has 3 aromatic rings. The van der Waals surface area contributed by atoms with Crippen LogP contribution >= 0.6 is 0 Å². The van der Waals surface area contributed by atoms with Gasteiger partial charge in [0.2, 0.25) is 5.95 Å². The molecule has 3 nitrogen and oxygen atoms in total. The molecule has 0 fully saturated rings. The van der Waals surface area contributed by atoms with Gasteiger partial charge in [0, 0.05) is 5.69 Å². The summed E-state index contributed by atoms with van der Waals surface area (Å²) in [6.45, 7) is 1.91. The summed E-state index contributed by atoms with van der Waals surface area (Å²) in [5, 5.41) is 0. The van der Waals surface area contributed by atoms with E-state index in [1.165, 1.54) is 10.6 Å². The molecule has 2 N–H and O–H groups in total. The van der Waals surface area contributed by atoms with Gasteiger partial charge >= 0.3 is 0 Å². The van der Waals surface area contributed by atoms with Crippen LogP contribution in [0.1, 0.15) is 5.56 Å². The highest BCUT2D eigenvalue weighted by Gasteiger charge is 2.17. The Kier molecular flexibility index (Phi) is 2.48. The highest BCUT2D eigenvalue weighted by Crippen LogP contribution is 2.26. The van der Waals surface area contributed by atoms with Crippen LogP contribution in [0.5, 0.6) is 0 Å². The minimum atomic E-state index is -0.941. The topological polar surface area (TPSA) is 43.8 Å². The summed E-state index contributed by atoms with van der Waals surface area (Å²) in [5.74, 6) is -1.73. The lowest BCUT2D eigenvalue weighted by molar-refractivity contribution is 0.514. The van der Waals surface area contributed by atoms with E-state index in [4.69, 9.17) is 5.73 Å². The molecule has 1 heterocycles. The number of aromatic nitrogens is 2. The minimum Gasteiger partial charge on any atom is -0.369 e. The summed E-state index contributed by atoms with van der Waals surface area (Å²) < 4.78 is 28.8. The Balaban J connectivity index is 2.40. The van der Waals surface area contributed by atoms with Crippen molar-refractivity contribution in [1.29, 1.82) is 0 Å². The van der Waals surface area contributed by atoms with Crippen LogP contribution in [0.4, 0.5) is 14.7 Å². The van der Waals surface area contributed by atoms with E-state index in [0.717, 1.165) is 11.6 Å². The first-order chi connectivity index (χ1) is 9.08. The Morgan fingerprint density at radius 3 is 2.68 bits per heavy atom. The SMILES string of the molecule is Cc1cccc(-n2c(N)nc3ccc(F)c(F)c32)c1. The van der Waals surface area contributed by atoms with E-state index in [9.17, 15) is 8.78 Å². The van der Waals surface area contributed by atoms with E-state index in [0.29, 0.717) is 11.2 Å². The molecule has 2 aromatic carbocycles. The summed E-state index contributed by atoms with van der Waals surface area (Å²) in [6.07, 6.45) is 0. The largest absolute Gasteiger partial charge is 0.369 e. The van der Waals surface area contributed by atoms with Crippen molar-refractivity contribution in [2.24, 2.45) is 0 Å². The van der Waals surface area contributed by atoms with Gasteiger partial charge in [-0.25, -0.2) is 13.8 Å². The molecule has 1 aromatic heterocycles. The molecule has 0 bridgehead atoms. The molecule has 0 atom stereocenters. The van der Waals surface area contributed by atoms with Gasteiger partial charge in [0.25, 0.3) is 0 Å². The number of rotatable bonds is 1. The molecular formula is C14H11F2N3. The van der Waals surface area contributed by atoms with Gasteiger partial charge in [0.1, 0.15) is 5.52 Å². The van der Waals surface area contributed by atoms with Gasteiger partial charge in [0.05, 0.1) is 5.52 Å². The Bertz CT molecular complexity index is 778. The van der Waals surface area contributed by atoms with E-state index >= 15 is 0 Å². The maximum absolute atomic E-state index is 14.0. The molecule has 0 radical (unpaired) electrons. The zero-order chi connectivity index (χ0) is 13.6. The molecule has 0 aliphatic rings. The van der Waals surface area contributed by atoms with Crippen molar-refractivity contribution in [2.75, 3.05) is 5.73 Å². The number of aryl methyl sites for hydroxylation is 1. The van der Waals surface area contributed by atoms with Crippen LogP contribution in [-0.4, -0.2) is 9.55 Å². The fourth-order valence-corrected chi connectivity index (χ4v) is 2.15. The quantitative estimate of drug-likeness (QED) is 0.729. The van der Waals surface area contributed by atoms with Gasteiger partial charge in [-0.2, -0.15) is 0 Å². The lowest BCUT2D eigenvalue weighted by Gasteiger charge is -2.08. The van der Waals surface area contributed by atoms with Crippen LogP contribution in [-0.2, 0) is 0 Å². The molecule has 0 aliphatic carbocycles. The number of anilines is 1. The first-order valence-corrected chi connectivity index (χ1v) is 5.77. The molecule has 0 unspecified atom stereocenters. The number of nitrogen functional groups attached to an aromatic ring is 1. The highest BCUT2D eigenvalue weighted by molar-refractivity contribution is 5.81. The molecule has 19 heavy (non-hydrogen) atoms. The van der Waals surface area contributed by atoms with Gasteiger partial charge in [-0.3, -0.25) is 4.57 Å². The number of hydrogen-bond acceptors (Lipinski definition) is 2. The molecule has 0 saturated heterocycles. The predicted octanol–water partition coefficient (Wildman–Crippen LogP) is 3.19. The van der Waals surface area contributed by atoms with Crippen LogP contribution in [0, 0.1) is 18.6 Å². The summed E-state index contributed by atoms with van der Waals surface area (Å²) in [7, 11) is 0. The van der Waals surface area contributed by atoms with Gasteiger partial charge in [-0.05, 0) is 36.8 Å². The number of fused-ring (bicyclic) bond motifs is 1. The van der Waals surface area contributed by atoms with E-state index < -0.39 is 11.6 Å². The van der Waals surface area contributed by atoms with E-state index in [2.05, 4.69) is 4.98 Å². The maximum Gasteiger partial charge on any atom is 0.206 e. The van der Waals surface area contributed by atoms with Crippen molar-refractivity contribution in [1.82, 2.24) is 9.55 Å². The molecular weight excluding hydrogens is 248 g/mol. The average Bonchev–Trinajstić information content (AvgIpc) is 2.71. The van der Waals surface area contributed by atoms with E-state index in [1.807, 2.05) is 25.1 Å². The number of hydrogen-bond donors (Lipinski definition) is 1. The third kappa shape index (κ3) is 1.74. The molecule has 96 valence electrons. The summed E-state index contributed by atoms with van der Waals surface area (Å²) >= 11 is 0. The number of imidazole rings is 1. The van der Waals surface area contributed by atoms with Gasteiger partial charge in [0.15, 0.2) is 11.6 Å². The standard InChI is InChI=1S/C14H11F2N3/c1-8-3-2-4-9(7-8)19-13-11(18-14(19)17)6-5-10(15)12(13)16/h2-7H,1H3,(H2,17,18). The van der Waals surface area contributed by atoms with Crippen molar-refractivity contribution in [2.45, 2.75) is 6.92 Å². The molecule has 0 spiro atoms. The van der Waals surface area contributed by atoms with Crippen LogP contribution in [0.3, 0.4) is 0 Å². The summed E-state index contributed by atoms with van der Waals surface area (Å²) in [6, 6.07) is 9.81. The molecule has 0 aliphatic heterocycles. The van der Waals surface area contributed by atoms with Crippen LogP contribution in [0.2, 0.25) is 0 Å². The Morgan fingerprint density at radius 1 is 1.16 bits per heavy atom. The summed E-state index contributed by atoms with van der Waals surface area (Å²) in [5.41, 5.74) is 7.86. The average molecular weight is 259 g/mol. The predicted molar refractivity (Wildman–Crippen MR) is 70.1 cm³/mol. The normalized spacial score (nSPS) is 11.1. The van der Waals surface area contributed by atoms with Crippen molar-refractivity contribution < 1.29 is 8.78 Å². The fraction of sp³-hybridized carbons (Fsp3) is 0.0714. The molecule has 5 heteroatoms. The maximum atomic E-state index is 14.0. The molecule has 0 amide bonds. The smallest absolute Gasteiger partial charge is 0.206 e. The Hall–Kier alpha value is -2.43. The third-order valence-corrected chi connectivity index (χ3v) is 3.00. The minimum absolute atomic E-state index is 0.0584. The number of nitrogens with two attached hydrogens (primary N) is 1. The zero-order valence-corrected chi connectivity index (χ0v) is 10.2. The number of nitrogens with zero attached hydrogens (tertiary/aromatic N) is 2. The van der Waals surface area contributed by atoms with E-state index in [1.54, 1.807) is 6.07 Å². The Labute approximate surface area is 108 Å². The summed E-state index contributed by atoms with van der Waals surface area (Å²) in [4.78, 5) is 4.06. The lowest BCUT2D eigenvalue weighted by atomic mass is 10.2. The first kappa shape index (κ1) is 11.6. The second-order valence-corrected chi connectivity index (χ2v) is 4.37. The highest BCUT2D eigenvalue weighted by atomic mass is 19.2. The van der Waals surface area contributed by atoms with Crippen molar-refractivity contribution in [3.8, 4) is 5.69 Å².